The molecule has 6 heteroatoms. The highest BCUT2D eigenvalue weighted by Gasteiger charge is 2.17. The summed E-state index contributed by atoms with van der Waals surface area (Å²) in [5.41, 5.74) is 1.13. The predicted molar refractivity (Wildman–Crippen MR) is 92.5 cm³/mol. The van der Waals surface area contributed by atoms with Crippen molar-refractivity contribution in [3.8, 4) is 5.75 Å². The number of halogens is 2. The van der Waals surface area contributed by atoms with Crippen molar-refractivity contribution in [3.05, 3.63) is 39.3 Å². The fourth-order valence-electron chi connectivity index (χ4n) is 1.64. The van der Waals surface area contributed by atoms with Gasteiger partial charge in [0.25, 0.3) is 5.91 Å². The summed E-state index contributed by atoms with van der Waals surface area (Å²) in [5, 5.41) is 5.97. The first-order chi connectivity index (χ1) is 9.99. The molecule has 0 aliphatic carbocycles. The van der Waals surface area contributed by atoms with Crippen molar-refractivity contribution in [2.24, 2.45) is 0 Å². The molecule has 0 aromatic heterocycles. The highest BCUT2D eigenvalue weighted by Crippen LogP contribution is 2.35. The van der Waals surface area contributed by atoms with Crippen molar-refractivity contribution in [3.63, 3.8) is 0 Å². The third kappa shape index (κ3) is 5.80. The third-order valence-corrected chi connectivity index (χ3v) is 3.90. The average molecular weight is 420 g/mol. The number of rotatable bonds is 8. The highest BCUT2D eigenvalue weighted by atomic mass is 79.9. The Bertz CT molecular complexity index is 483. The van der Waals surface area contributed by atoms with Crippen LogP contribution in [0.1, 0.15) is 19.4 Å². The van der Waals surface area contributed by atoms with Gasteiger partial charge in [-0.2, -0.15) is 0 Å². The van der Waals surface area contributed by atoms with E-state index >= 15 is 0 Å². The second-order valence-electron chi connectivity index (χ2n) is 4.46. The van der Waals surface area contributed by atoms with Gasteiger partial charge in [0.15, 0.2) is 6.10 Å². The molecule has 1 amide bonds. The maximum atomic E-state index is 11.8. The van der Waals surface area contributed by atoms with Gasteiger partial charge in [-0.25, -0.2) is 0 Å². The molecule has 4 nitrogen and oxygen atoms in total. The van der Waals surface area contributed by atoms with Crippen LogP contribution in [0.2, 0.25) is 0 Å². The van der Waals surface area contributed by atoms with E-state index in [1.165, 1.54) is 0 Å². The fourth-order valence-corrected chi connectivity index (χ4v) is 3.11. The molecule has 1 atom stereocenters. The van der Waals surface area contributed by atoms with E-state index in [4.69, 9.17) is 4.74 Å². The molecule has 1 aromatic carbocycles. The second-order valence-corrected chi connectivity index (χ2v) is 6.17. The monoisotopic (exact) mass is 418 g/mol. The van der Waals surface area contributed by atoms with Gasteiger partial charge in [0, 0.05) is 13.1 Å². The van der Waals surface area contributed by atoms with E-state index in [0.717, 1.165) is 27.6 Å². The van der Waals surface area contributed by atoms with Crippen LogP contribution in [0.25, 0.3) is 0 Å². The minimum atomic E-state index is -0.586. The molecule has 0 saturated carbocycles. The summed E-state index contributed by atoms with van der Waals surface area (Å²) >= 11 is 6.98. The minimum absolute atomic E-state index is 0.176. The summed E-state index contributed by atoms with van der Waals surface area (Å²) in [6.07, 6.45) is 1.04. The number of carbonyl (C=O) groups is 1. The van der Waals surface area contributed by atoms with Gasteiger partial charge >= 0.3 is 0 Å². The Morgan fingerprint density at radius 2 is 2.05 bits per heavy atom. The normalized spacial score (nSPS) is 11.8. The van der Waals surface area contributed by atoms with Crippen LogP contribution in [-0.2, 0) is 11.3 Å². The Kier molecular flexibility index (Phi) is 8.00. The topological polar surface area (TPSA) is 50.4 Å². The van der Waals surface area contributed by atoms with Crippen molar-refractivity contribution < 1.29 is 9.53 Å². The molecule has 0 spiro atoms. The maximum Gasteiger partial charge on any atom is 0.261 e. The first kappa shape index (κ1) is 18.2. The number of carbonyl (C=O) groups excluding carboxylic acids is 1. The lowest BCUT2D eigenvalue weighted by molar-refractivity contribution is -0.127. The summed E-state index contributed by atoms with van der Waals surface area (Å²) in [6.45, 7) is 9.45. The lowest BCUT2D eigenvalue weighted by atomic mass is 10.2. The molecule has 0 fully saturated rings. The first-order valence-electron chi connectivity index (χ1n) is 6.73. The predicted octanol–water partition coefficient (Wildman–Crippen LogP) is 3.39. The van der Waals surface area contributed by atoms with E-state index in [1.807, 2.05) is 12.1 Å². The summed E-state index contributed by atoms with van der Waals surface area (Å²) in [5.74, 6) is 0.446. The van der Waals surface area contributed by atoms with Crippen LogP contribution in [0.3, 0.4) is 0 Å². The summed E-state index contributed by atoms with van der Waals surface area (Å²) in [7, 11) is 0. The Balaban J connectivity index is 2.79. The SMILES string of the molecule is C=CCNC(=O)C(C)Oc1c(Br)cc(CNCC)cc1Br. The molecule has 0 aliphatic rings. The van der Waals surface area contributed by atoms with Gasteiger partial charge in [-0.3, -0.25) is 4.79 Å². The van der Waals surface area contributed by atoms with Gasteiger partial charge in [0.05, 0.1) is 8.95 Å². The van der Waals surface area contributed by atoms with E-state index < -0.39 is 6.10 Å². The molecule has 1 rings (SSSR count). The van der Waals surface area contributed by atoms with Crippen molar-refractivity contribution in [1.82, 2.24) is 10.6 Å². The summed E-state index contributed by atoms with van der Waals surface area (Å²) in [4.78, 5) is 11.8. The van der Waals surface area contributed by atoms with E-state index in [9.17, 15) is 4.79 Å². The number of nitrogens with one attached hydrogen (secondary N) is 2. The van der Waals surface area contributed by atoms with Crippen molar-refractivity contribution >= 4 is 37.8 Å². The van der Waals surface area contributed by atoms with Gasteiger partial charge in [-0.05, 0) is 63.0 Å². The first-order valence-corrected chi connectivity index (χ1v) is 8.32. The Morgan fingerprint density at radius 3 is 2.57 bits per heavy atom. The van der Waals surface area contributed by atoms with E-state index in [-0.39, 0.29) is 5.91 Å². The standard InChI is InChI=1S/C15H20Br2N2O2/c1-4-6-19-15(20)10(3)21-14-12(16)7-11(8-13(14)17)9-18-5-2/h4,7-8,10,18H,1,5-6,9H2,2-3H3,(H,19,20). The molecule has 21 heavy (non-hydrogen) atoms. The fraction of sp³-hybridized carbons (Fsp3) is 0.400. The van der Waals surface area contributed by atoms with Gasteiger partial charge in [0.1, 0.15) is 5.75 Å². The number of hydrogen-bond donors (Lipinski definition) is 2. The number of ether oxygens (including phenoxy) is 1. The molecular formula is C15H20Br2N2O2. The molecule has 0 heterocycles. The van der Waals surface area contributed by atoms with Crippen LogP contribution in [0.15, 0.2) is 33.7 Å². The molecule has 0 saturated heterocycles. The molecule has 0 bridgehead atoms. The quantitative estimate of drug-likeness (QED) is 0.635. The Hall–Kier alpha value is -0.850. The molecule has 1 unspecified atom stereocenters. The lowest BCUT2D eigenvalue weighted by Gasteiger charge is -2.17. The van der Waals surface area contributed by atoms with E-state index in [0.29, 0.717) is 12.3 Å². The summed E-state index contributed by atoms with van der Waals surface area (Å²) < 4.78 is 7.36. The average Bonchev–Trinajstić information content (AvgIpc) is 2.45. The van der Waals surface area contributed by atoms with Gasteiger partial charge in [0.2, 0.25) is 0 Å². The van der Waals surface area contributed by atoms with Gasteiger partial charge in [-0.15, -0.1) is 6.58 Å². The van der Waals surface area contributed by atoms with Crippen molar-refractivity contribution in [1.29, 1.82) is 0 Å². The zero-order chi connectivity index (χ0) is 15.8. The molecule has 116 valence electrons. The van der Waals surface area contributed by atoms with E-state index in [1.54, 1.807) is 13.0 Å². The molecule has 0 aliphatic heterocycles. The van der Waals surface area contributed by atoms with Crippen LogP contribution in [0.4, 0.5) is 0 Å². The number of benzene rings is 1. The minimum Gasteiger partial charge on any atom is -0.479 e. The number of hydrogen-bond acceptors (Lipinski definition) is 3. The molecule has 2 N–H and O–H groups in total. The molecular weight excluding hydrogens is 400 g/mol. The van der Waals surface area contributed by atoms with Crippen LogP contribution in [0, 0.1) is 0 Å². The van der Waals surface area contributed by atoms with Crippen LogP contribution < -0.4 is 15.4 Å². The Labute approximate surface area is 142 Å². The lowest BCUT2D eigenvalue weighted by Crippen LogP contribution is -2.36. The smallest absolute Gasteiger partial charge is 0.261 e. The largest absolute Gasteiger partial charge is 0.479 e. The summed E-state index contributed by atoms with van der Waals surface area (Å²) in [6, 6.07) is 3.97. The van der Waals surface area contributed by atoms with Crippen molar-refractivity contribution in [2.75, 3.05) is 13.1 Å². The maximum absolute atomic E-state index is 11.8. The van der Waals surface area contributed by atoms with Crippen LogP contribution in [0.5, 0.6) is 5.75 Å². The zero-order valence-corrected chi connectivity index (χ0v) is 15.4. The van der Waals surface area contributed by atoms with Crippen LogP contribution in [-0.4, -0.2) is 25.1 Å². The van der Waals surface area contributed by atoms with E-state index in [2.05, 4.69) is 56.0 Å². The third-order valence-electron chi connectivity index (χ3n) is 2.72. The zero-order valence-electron chi connectivity index (χ0n) is 12.2. The van der Waals surface area contributed by atoms with Crippen LogP contribution >= 0.6 is 31.9 Å². The molecule has 1 aromatic rings. The van der Waals surface area contributed by atoms with Crippen molar-refractivity contribution in [2.45, 2.75) is 26.5 Å². The molecule has 0 radical (unpaired) electrons. The number of amides is 1. The van der Waals surface area contributed by atoms with Gasteiger partial charge in [-0.1, -0.05) is 13.0 Å². The van der Waals surface area contributed by atoms with Gasteiger partial charge < -0.3 is 15.4 Å². The Morgan fingerprint density at radius 1 is 1.43 bits per heavy atom. The highest BCUT2D eigenvalue weighted by molar-refractivity contribution is 9.11. The second kappa shape index (κ2) is 9.23.